The summed E-state index contributed by atoms with van der Waals surface area (Å²) in [5.41, 5.74) is 3.94. The zero-order valence-electron chi connectivity index (χ0n) is 9.38. The Bertz CT molecular complexity index is 384. The number of halogens is 5. The number of nitrogens with two attached hydrogens (primary N) is 1. The third kappa shape index (κ3) is 4.12. The molecule has 0 aliphatic rings. The molecule has 1 aromatic rings. The van der Waals surface area contributed by atoms with Crippen LogP contribution in [-0.2, 0) is 6.18 Å². The Morgan fingerprint density at radius 2 is 1.89 bits per heavy atom. The summed E-state index contributed by atoms with van der Waals surface area (Å²) in [7, 11) is 0. The van der Waals surface area contributed by atoms with Crippen molar-refractivity contribution in [3.05, 3.63) is 35.1 Å². The van der Waals surface area contributed by atoms with Crippen LogP contribution in [-0.4, -0.2) is 11.7 Å². The second-order valence-corrected chi connectivity index (χ2v) is 3.67. The van der Waals surface area contributed by atoms with Crippen LogP contribution >= 0.6 is 12.4 Å². The van der Waals surface area contributed by atoms with E-state index in [-0.39, 0.29) is 31.9 Å². The van der Waals surface area contributed by atoms with Gasteiger partial charge in [0.2, 0.25) is 0 Å². The molecule has 0 saturated heterocycles. The molecule has 0 heterocycles. The highest BCUT2D eigenvalue weighted by Crippen LogP contribution is 2.36. The van der Waals surface area contributed by atoms with E-state index in [2.05, 4.69) is 0 Å². The van der Waals surface area contributed by atoms with Gasteiger partial charge in [0.05, 0.1) is 5.56 Å². The molecule has 0 aliphatic carbocycles. The predicted molar refractivity (Wildman–Crippen MR) is 61.9 cm³/mol. The van der Waals surface area contributed by atoms with Crippen molar-refractivity contribution in [2.45, 2.75) is 25.1 Å². The van der Waals surface area contributed by atoms with E-state index in [1.165, 1.54) is 0 Å². The molecule has 0 amide bonds. The number of hydrogen-bond acceptors (Lipinski definition) is 2. The first-order valence-electron chi connectivity index (χ1n) is 5.10. The van der Waals surface area contributed by atoms with Crippen LogP contribution in [0.25, 0.3) is 0 Å². The summed E-state index contributed by atoms with van der Waals surface area (Å²) in [4.78, 5) is 0. The SMILES string of the molecule is Cl.N[C@@H](CCCO)c1c(F)cccc1C(F)(F)F. The molecule has 104 valence electrons. The number of aliphatic hydroxyl groups excluding tert-OH is 1. The molecule has 0 aliphatic heterocycles. The minimum Gasteiger partial charge on any atom is -0.396 e. The predicted octanol–water partition coefficient (Wildman–Crippen LogP) is 3.04. The molecule has 2 nitrogen and oxygen atoms in total. The van der Waals surface area contributed by atoms with Gasteiger partial charge in [-0.1, -0.05) is 6.07 Å². The molecule has 0 fully saturated rings. The lowest BCUT2D eigenvalue weighted by Crippen LogP contribution is -2.19. The number of aliphatic hydroxyl groups is 1. The van der Waals surface area contributed by atoms with Crippen molar-refractivity contribution in [3.8, 4) is 0 Å². The van der Waals surface area contributed by atoms with E-state index in [9.17, 15) is 17.6 Å². The number of rotatable bonds is 4. The minimum absolute atomic E-state index is 0. The average molecular weight is 288 g/mol. The van der Waals surface area contributed by atoms with Crippen molar-refractivity contribution in [1.29, 1.82) is 0 Å². The molecule has 1 aromatic carbocycles. The average Bonchev–Trinajstić information content (AvgIpc) is 2.24. The summed E-state index contributed by atoms with van der Waals surface area (Å²) in [5.74, 6) is -0.967. The summed E-state index contributed by atoms with van der Waals surface area (Å²) in [6, 6.07) is 1.68. The van der Waals surface area contributed by atoms with Crippen molar-refractivity contribution < 1.29 is 22.7 Å². The van der Waals surface area contributed by atoms with Gasteiger partial charge in [-0.15, -0.1) is 12.4 Å². The molecule has 0 unspecified atom stereocenters. The van der Waals surface area contributed by atoms with Crippen LogP contribution in [0.2, 0.25) is 0 Å². The Morgan fingerprint density at radius 1 is 1.28 bits per heavy atom. The van der Waals surface area contributed by atoms with Crippen molar-refractivity contribution in [3.63, 3.8) is 0 Å². The van der Waals surface area contributed by atoms with Gasteiger partial charge in [-0.3, -0.25) is 0 Å². The van der Waals surface area contributed by atoms with Gasteiger partial charge in [-0.05, 0) is 25.0 Å². The molecule has 7 heteroatoms. The van der Waals surface area contributed by atoms with Crippen LogP contribution in [0.3, 0.4) is 0 Å². The van der Waals surface area contributed by atoms with Crippen molar-refractivity contribution in [2.24, 2.45) is 5.73 Å². The summed E-state index contributed by atoms with van der Waals surface area (Å²) in [6.07, 6.45) is -4.30. The van der Waals surface area contributed by atoms with Gasteiger partial charge in [0.1, 0.15) is 5.82 Å². The Hall–Kier alpha value is -0.850. The second kappa shape index (κ2) is 6.92. The van der Waals surface area contributed by atoms with Gasteiger partial charge < -0.3 is 10.8 Å². The quantitative estimate of drug-likeness (QED) is 0.836. The van der Waals surface area contributed by atoms with E-state index in [4.69, 9.17) is 10.8 Å². The molecule has 0 saturated carbocycles. The van der Waals surface area contributed by atoms with Crippen LogP contribution in [0.4, 0.5) is 17.6 Å². The molecule has 0 bridgehead atoms. The molecule has 0 spiro atoms. The highest BCUT2D eigenvalue weighted by atomic mass is 35.5. The molecular weight excluding hydrogens is 274 g/mol. The fourth-order valence-corrected chi connectivity index (χ4v) is 1.62. The van der Waals surface area contributed by atoms with Gasteiger partial charge in [-0.2, -0.15) is 13.2 Å². The van der Waals surface area contributed by atoms with Crippen LogP contribution < -0.4 is 5.73 Å². The van der Waals surface area contributed by atoms with E-state index in [0.29, 0.717) is 0 Å². The van der Waals surface area contributed by atoms with Gasteiger partial charge in [0, 0.05) is 18.2 Å². The molecule has 1 rings (SSSR count). The Morgan fingerprint density at radius 3 is 2.39 bits per heavy atom. The van der Waals surface area contributed by atoms with E-state index in [1.54, 1.807) is 0 Å². The van der Waals surface area contributed by atoms with Gasteiger partial charge in [0.25, 0.3) is 0 Å². The Balaban J connectivity index is 0.00000289. The molecule has 3 N–H and O–H groups in total. The maximum absolute atomic E-state index is 13.4. The smallest absolute Gasteiger partial charge is 0.396 e. The Kier molecular flexibility index (Phi) is 6.59. The minimum atomic E-state index is -4.63. The van der Waals surface area contributed by atoms with E-state index >= 15 is 0 Å². The Labute approximate surface area is 108 Å². The maximum atomic E-state index is 13.4. The van der Waals surface area contributed by atoms with Gasteiger partial charge in [0.15, 0.2) is 0 Å². The van der Waals surface area contributed by atoms with E-state index in [1.807, 2.05) is 0 Å². The number of alkyl halides is 3. The third-order valence-corrected chi connectivity index (χ3v) is 2.40. The van der Waals surface area contributed by atoms with Crippen molar-refractivity contribution in [2.75, 3.05) is 6.61 Å². The summed E-state index contributed by atoms with van der Waals surface area (Å²) >= 11 is 0. The molecular formula is C11H14ClF4NO. The van der Waals surface area contributed by atoms with E-state index < -0.39 is 29.2 Å². The van der Waals surface area contributed by atoms with Crippen LogP contribution in [0.15, 0.2) is 18.2 Å². The normalized spacial score (nSPS) is 13.0. The van der Waals surface area contributed by atoms with Crippen LogP contribution in [0.1, 0.15) is 30.0 Å². The van der Waals surface area contributed by atoms with Gasteiger partial charge >= 0.3 is 6.18 Å². The first-order chi connectivity index (χ1) is 7.88. The zero-order valence-corrected chi connectivity index (χ0v) is 10.2. The maximum Gasteiger partial charge on any atom is 0.416 e. The van der Waals surface area contributed by atoms with Gasteiger partial charge in [-0.25, -0.2) is 4.39 Å². The molecule has 1 atom stereocenters. The summed E-state index contributed by atoms with van der Waals surface area (Å²) in [6.45, 7) is -0.191. The topological polar surface area (TPSA) is 46.2 Å². The van der Waals surface area contributed by atoms with Crippen LogP contribution in [0.5, 0.6) is 0 Å². The highest BCUT2D eigenvalue weighted by molar-refractivity contribution is 5.85. The number of hydrogen-bond donors (Lipinski definition) is 2. The fraction of sp³-hybridized carbons (Fsp3) is 0.455. The monoisotopic (exact) mass is 287 g/mol. The largest absolute Gasteiger partial charge is 0.416 e. The second-order valence-electron chi connectivity index (χ2n) is 3.67. The van der Waals surface area contributed by atoms with Crippen molar-refractivity contribution in [1.82, 2.24) is 0 Å². The lowest BCUT2D eigenvalue weighted by molar-refractivity contribution is -0.138. The highest BCUT2D eigenvalue weighted by Gasteiger charge is 2.35. The summed E-state index contributed by atoms with van der Waals surface area (Å²) < 4.78 is 51.3. The molecule has 18 heavy (non-hydrogen) atoms. The summed E-state index contributed by atoms with van der Waals surface area (Å²) in [5, 5.41) is 8.59. The first-order valence-corrected chi connectivity index (χ1v) is 5.10. The zero-order chi connectivity index (χ0) is 13.1. The first kappa shape index (κ1) is 17.2. The number of benzene rings is 1. The molecule has 0 radical (unpaired) electrons. The lowest BCUT2D eigenvalue weighted by atomic mass is 9.96. The van der Waals surface area contributed by atoms with Crippen molar-refractivity contribution >= 4 is 12.4 Å². The third-order valence-electron chi connectivity index (χ3n) is 2.40. The van der Waals surface area contributed by atoms with E-state index in [0.717, 1.165) is 18.2 Å². The standard InChI is InChI=1S/C11H13F4NO.ClH/c12-8-4-1-3-7(11(13,14)15)10(8)9(16)5-2-6-17;/h1,3-4,9,17H,2,5-6,16H2;1H/t9-;/m0./s1. The van der Waals surface area contributed by atoms with Crippen LogP contribution in [0, 0.1) is 5.82 Å². The fourth-order valence-electron chi connectivity index (χ4n) is 1.62. The lowest BCUT2D eigenvalue weighted by Gasteiger charge is -2.18. The molecule has 0 aromatic heterocycles.